The lowest BCUT2D eigenvalue weighted by molar-refractivity contribution is -0.114. The first-order valence-electron chi connectivity index (χ1n) is 10.2. The summed E-state index contributed by atoms with van der Waals surface area (Å²) in [5.41, 5.74) is 5.58. The molecule has 0 aromatic heterocycles. The summed E-state index contributed by atoms with van der Waals surface area (Å²) in [5, 5.41) is 5.57. The molecule has 0 saturated heterocycles. The summed E-state index contributed by atoms with van der Waals surface area (Å²) in [6, 6.07) is 18.8. The van der Waals surface area contributed by atoms with Gasteiger partial charge in [0.15, 0.2) is 0 Å². The molecule has 0 aliphatic heterocycles. The third-order valence-electron chi connectivity index (χ3n) is 4.60. The second-order valence-electron chi connectivity index (χ2n) is 7.34. The molecule has 35 heavy (non-hydrogen) atoms. The van der Waals surface area contributed by atoms with Crippen LogP contribution in [0.4, 0.5) is 30.2 Å². The van der Waals surface area contributed by atoms with Gasteiger partial charge in [0.1, 0.15) is 5.70 Å². The van der Waals surface area contributed by atoms with E-state index in [0.29, 0.717) is 23.0 Å². The highest BCUT2D eigenvalue weighted by Crippen LogP contribution is 2.27. The molecule has 180 valence electrons. The lowest BCUT2D eigenvalue weighted by Crippen LogP contribution is -2.21. The number of hydrogen-bond donors (Lipinski definition) is 3. The average molecular weight is 501 g/mol. The number of rotatable bonds is 6. The quantitative estimate of drug-likeness (QED) is 0.358. The molecule has 0 saturated carbocycles. The number of alkyl halides is 3. The van der Waals surface area contributed by atoms with Crippen molar-refractivity contribution in [3.63, 3.8) is 0 Å². The van der Waals surface area contributed by atoms with Crippen molar-refractivity contribution >= 4 is 46.2 Å². The molecule has 0 aliphatic carbocycles. The van der Waals surface area contributed by atoms with Crippen LogP contribution in [-0.2, 0) is 4.79 Å². The Kier molecular flexibility index (Phi) is 7.93. The monoisotopic (exact) mass is 500 g/mol. The van der Waals surface area contributed by atoms with Gasteiger partial charge in [0, 0.05) is 29.4 Å². The van der Waals surface area contributed by atoms with Crippen LogP contribution in [0.2, 0.25) is 5.02 Å². The Morgan fingerprint density at radius 2 is 1.51 bits per heavy atom. The molecule has 0 unspecified atom stereocenters. The van der Waals surface area contributed by atoms with E-state index in [0.717, 1.165) is 0 Å². The zero-order valence-corrected chi connectivity index (χ0v) is 19.1. The predicted molar refractivity (Wildman–Crippen MR) is 131 cm³/mol. The van der Waals surface area contributed by atoms with Crippen LogP contribution < -0.4 is 16.4 Å². The van der Waals surface area contributed by atoms with Crippen molar-refractivity contribution in [3.8, 4) is 0 Å². The van der Waals surface area contributed by atoms with Gasteiger partial charge in [-0.05, 0) is 48.5 Å². The van der Waals surface area contributed by atoms with Gasteiger partial charge in [-0.2, -0.15) is 13.2 Å². The van der Waals surface area contributed by atoms with E-state index in [2.05, 4.69) is 15.6 Å². The standard InChI is InChI=1S/C25H20ClF3N4O2/c1-15(34)31-18-5-4-6-19(13-18)32-24(35)17-11-9-16(10-12-17)22(14-23(30)25(27,28)29)33-21-8-3-2-7-20(21)26/h2-14H,30H2,1H3,(H,31,34)(H,32,35)/b23-14-,33-22?. The Bertz CT molecular complexity index is 1300. The van der Waals surface area contributed by atoms with Crippen molar-refractivity contribution in [1.29, 1.82) is 0 Å². The molecule has 0 heterocycles. The molecule has 6 nitrogen and oxygen atoms in total. The highest BCUT2D eigenvalue weighted by Gasteiger charge is 2.31. The zero-order chi connectivity index (χ0) is 25.6. The first-order chi connectivity index (χ1) is 16.5. The van der Waals surface area contributed by atoms with Crippen molar-refractivity contribution in [1.82, 2.24) is 0 Å². The first kappa shape index (κ1) is 25.5. The second-order valence-corrected chi connectivity index (χ2v) is 7.75. The molecule has 0 radical (unpaired) electrons. The smallest absolute Gasteiger partial charge is 0.395 e. The van der Waals surface area contributed by atoms with Gasteiger partial charge in [-0.1, -0.05) is 41.9 Å². The normalized spacial score (nSPS) is 12.3. The van der Waals surface area contributed by atoms with Crippen LogP contribution >= 0.6 is 11.6 Å². The summed E-state index contributed by atoms with van der Waals surface area (Å²) in [7, 11) is 0. The zero-order valence-electron chi connectivity index (χ0n) is 18.4. The van der Waals surface area contributed by atoms with E-state index in [9.17, 15) is 22.8 Å². The number of carbonyl (C=O) groups is 2. The SMILES string of the molecule is CC(=O)Nc1cccc(NC(=O)c2ccc(C(/C=C(\N)C(F)(F)F)=Nc3ccccc3Cl)cc2)c1. The third-order valence-corrected chi connectivity index (χ3v) is 4.92. The molecule has 3 aromatic carbocycles. The predicted octanol–water partition coefficient (Wildman–Crippen LogP) is 6.08. The molecular formula is C25H20ClF3N4O2. The van der Waals surface area contributed by atoms with Crippen LogP contribution in [0, 0.1) is 0 Å². The number of anilines is 2. The van der Waals surface area contributed by atoms with Gasteiger partial charge in [0.2, 0.25) is 5.91 Å². The Morgan fingerprint density at radius 1 is 0.914 bits per heavy atom. The van der Waals surface area contributed by atoms with Crippen molar-refractivity contribution < 1.29 is 22.8 Å². The van der Waals surface area contributed by atoms with Crippen molar-refractivity contribution in [2.75, 3.05) is 10.6 Å². The summed E-state index contributed by atoms with van der Waals surface area (Å²) < 4.78 is 39.2. The van der Waals surface area contributed by atoms with E-state index >= 15 is 0 Å². The second kappa shape index (κ2) is 10.9. The van der Waals surface area contributed by atoms with Crippen molar-refractivity contribution in [2.45, 2.75) is 13.1 Å². The maximum Gasteiger partial charge on any atom is 0.430 e. The summed E-state index contributed by atoms with van der Waals surface area (Å²) in [5.74, 6) is -0.704. The third kappa shape index (κ3) is 7.18. The van der Waals surface area contributed by atoms with Crippen LogP contribution in [0.5, 0.6) is 0 Å². The number of nitrogens with zero attached hydrogens (tertiary/aromatic N) is 1. The number of nitrogens with two attached hydrogens (primary N) is 1. The molecule has 0 atom stereocenters. The Balaban J connectivity index is 1.89. The number of amides is 2. The minimum Gasteiger partial charge on any atom is -0.395 e. The van der Waals surface area contributed by atoms with Crippen molar-refractivity contribution in [2.24, 2.45) is 10.7 Å². The lowest BCUT2D eigenvalue weighted by atomic mass is 10.1. The van der Waals surface area contributed by atoms with Gasteiger partial charge >= 0.3 is 6.18 Å². The summed E-state index contributed by atoms with van der Waals surface area (Å²) in [6.45, 7) is 1.37. The van der Waals surface area contributed by atoms with Crippen LogP contribution in [0.15, 0.2) is 89.6 Å². The molecule has 0 fully saturated rings. The van der Waals surface area contributed by atoms with E-state index in [1.54, 1.807) is 48.5 Å². The number of para-hydroxylation sites is 1. The highest BCUT2D eigenvalue weighted by atomic mass is 35.5. The number of allylic oxidation sites excluding steroid dienone is 2. The molecule has 0 aliphatic rings. The highest BCUT2D eigenvalue weighted by molar-refractivity contribution is 6.33. The van der Waals surface area contributed by atoms with Gasteiger partial charge in [-0.25, -0.2) is 4.99 Å². The number of halogens is 4. The molecule has 0 bridgehead atoms. The van der Waals surface area contributed by atoms with Crippen molar-refractivity contribution in [3.05, 3.63) is 101 Å². The Labute approximate surface area is 204 Å². The summed E-state index contributed by atoms with van der Waals surface area (Å²) in [6.07, 6.45) is -4.03. The van der Waals surface area contributed by atoms with Crippen LogP contribution in [0.25, 0.3) is 0 Å². The fraction of sp³-hybridized carbons (Fsp3) is 0.0800. The molecule has 3 aromatic rings. The van der Waals surface area contributed by atoms with Gasteiger partial charge in [-0.15, -0.1) is 0 Å². The minimum atomic E-state index is -4.74. The van der Waals surface area contributed by atoms with E-state index in [1.807, 2.05) is 0 Å². The number of benzene rings is 3. The molecule has 3 rings (SSSR count). The number of carbonyl (C=O) groups excluding carboxylic acids is 2. The average Bonchev–Trinajstić information content (AvgIpc) is 2.79. The van der Waals surface area contributed by atoms with Gasteiger partial charge in [-0.3, -0.25) is 9.59 Å². The lowest BCUT2D eigenvalue weighted by Gasteiger charge is -2.10. The molecule has 4 N–H and O–H groups in total. The van der Waals surface area contributed by atoms with E-state index in [-0.39, 0.29) is 27.9 Å². The largest absolute Gasteiger partial charge is 0.430 e. The maximum absolute atomic E-state index is 13.1. The number of nitrogens with one attached hydrogen (secondary N) is 2. The fourth-order valence-electron chi connectivity index (χ4n) is 2.96. The van der Waals surface area contributed by atoms with Gasteiger partial charge in [0.05, 0.1) is 16.4 Å². The Hall–Kier alpha value is -4.11. The van der Waals surface area contributed by atoms with E-state index < -0.39 is 17.8 Å². The van der Waals surface area contributed by atoms with Crippen LogP contribution in [0.3, 0.4) is 0 Å². The van der Waals surface area contributed by atoms with Gasteiger partial charge < -0.3 is 16.4 Å². The maximum atomic E-state index is 13.1. The van der Waals surface area contributed by atoms with Gasteiger partial charge in [0.25, 0.3) is 5.91 Å². The molecule has 10 heteroatoms. The van der Waals surface area contributed by atoms with E-state index in [4.69, 9.17) is 17.3 Å². The fourth-order valence-corrected chi connectivity index (χ4v) is 3.13. The molecular weight excluding hydrogens is 481 g/mol. The van der Waals surface area contributed by atoms with Crippen LogP contribution in [0.1, 0.15) is 22.8 Å². The summed E-state index contributed by atoms with van der Waals surface area (Å²) in [4.78, 5) is 28.1. The Morgan fingerprint density at radius 3 is 2.11 bits per heavy atom. The molecule has 2 amide bonds. The first-order valence-corrected chi connectivity index (χ1v) is 10.6. The van der Waals surface area contributed by atoms with Crippen LogP contribution in [-0.4, -0.2) is 23.7 Å². The summed E-state index contributed by atoms with van der Waals surface area (Å²) >= 11 is 6.11. The van der Waals surface area contributed by atoms with E-state index in [1.165, 1.54) is 31.2 Å². The molecule has 0 spiro atoms. The number of aliphatic imine (C=N–C) groups is 1. The minimum absolute atomic E-state index is 0.0807. The number of hydrogen-bond acceptors (Lipinski definition) is 4. The topological polar surface area (TPSA) is 96.6 Å².